The van der Waals surface area contributed by atoms with E-state index < -0.39 is 0 Å². The first kappa shape index (κ1) is 17.7. The fourth-order valence-electron chi connectivity index (χ4n) is 3.37. The van der Waals surface area contributed by atoms with E-state index in [1.807, 2.05) is 42.3 Å². The topological polar surface area (TPSA) is 83.5 Å². The summed E-state index contributed by atoms with van der Waals surface area (Å²) in [6, 6.07) is 7.75. The number of amides is 1. The number of aryl methyl sites for hydroxylation is 1. The molecule has 0 radical (unpaired) electrons. The second-order valence-corrected chi connectivity index (χ2v) is 6.94. The molecule has 1 amide bonds. The predicted molar refractivity (Wildman–Crippen MR) is 102 cm³/mol. The van der Waals surface area contributed by atoms with Crippen LogP contribution in [0.3, 0.4) is 0 Å². The highest BCUT2D eigenvalue weighted by Crippen LogP contribution is 2.19. The molecule has 1 N–H and O–H groups in total. The van der Waals surface area contributed by atoms with Crippen LogP contribution >= 0.6 is 0 Å². The summed E-state index contributed by atoms with van der Waals surface area (Å²) in [4.78, 5) is 20.8. The van der Waals surface area contributed by atoms with Gasteiger partial charge >= 0.3 is 0 Å². The van der Waals surface area contributed by atoms with Crippen LogP contribution in [0.15, 0.2) is 30.5 Å². The molecule has 0 saturated carbocycles. The molecule has 2 aliphatic rings. The molecule has 0 unspecified atom stereocenters. The summed E-state index contributed by atoms with van der Waals surface area (Å²) in [5.74, 6) is 2.34. The number of anilines is 3. The van der Waals surface area contributed by atoms with E-state index in [0.29, 0.717) is 25.5 Å². The van der Waals surface area contributed by atoms with Gasteiger partial charge in [0.2, 0.25) is 0 Å². The quantitative estimate of drug-likeness (QED) is 0.880. The zero-order chi connectivity index (χ0) is 18.6. The fraction of sp³-hybridized carbons (Fsp3) is 0.474. The highest BCUT2D eigenvalue weighted by molar-refractivity contribution is 5.81. The van der Waals surface area contributed by atoms with Crippen molar-refractivity contribution in [2.75, 3.05) is 43.0 Å². The van der Waals surface area contributed by atoms with Gasteiger partial charge in [-0.15, -0.1) is 10.2 Å². The summed E-state index contributed by atoms with van der Waals surface area (Å²) >= 11 is 0. The Kier molecular flexibility index (Phi) is 5.15. The Hall–Kier alpha value is -2.74. The molecular weight excluding hydrogens is 344 g/mol. The molecule has 2 aromatic rings. The molecule has 2 aliphatic heterocycles. The molecule has 0 spiro atoms. The van der Waals surface area contributed by atoms with E-state index in [4.69, 9.17) is 4.74 Å². The minimum absolute atomic E-state index is 0.128. The maximum absolute atomic E-state index is 12.4. The Balaban J connectivity index is 1.32. The molecule has 27 heavy (non-hydrogen) atoms. The molecule has 4 rings (SSSR count). The summed E-state index contributed by atoms with van der Waals surface area (Å²) in [5, 5.41) is 11.7. The maximum Gasteiger partial charge on any atom is 0.251 e. The van der Waals surface area contributed by atoms with Crippen LogP contribution in [-0.2, 0) is 9.53 Å². The second-order valence-electron chi connectivity index (χ2n) is 6.94. The Morgan fingerprint density at radius 1 is 1.11 bits per heavy atom. The van der Waals surface area contributed by atoms with Crippen molar-refractivity contribution in [3.05, 3.63) is 36.0 Å². The third kappa shape index (κ3) is 4.16. The summed E-state index contributed by atoms with van der Waals surface area (Å²) in [7, 11) is 0. The van der Waals surface area contributed by atoms with Crippen molar-refractivity contribution in [2.45, 2.75) is 25.9 Å². The van der Waals surface area contributed by atoms with Crippen molar-refractivity contribution < 1.29 is 9.53 Å². The molecule has 4 heterocycles. The molecular formula is C19H24N6O2. The molecule has 8 heteroatoms. The SMILES string of the molecule is Cc1ccc(Nc2ccc(N3CCN(C(=O)[C@@H]4CCCO4)CC3)nn2)nc1. The highest BCUT2D eigenvalue weighted by Gasteiger charge is 2.30. The van der Waals surface area contributed by atoms with Crippen molar-refractivity contribution >= 4 is 23.4 Å². The van der Waals surface area contributed by atoms with E-state index in [1.54, 1.807) is 0 Å². The number of piperazine rings is 1. The molecule has 142 valence electrons. The Morgan fingerprint density at radius 2 is 1.93 bits per heavy atom. The molecule has 1 atom stereocenters. The number of nitrogens with zero attached hydrogens (tertiary/aromatic N) is 5. The minimum atomic E-state index is -0.239. The van der Waals surface area contributed by atoms with Gasteiger partial charge < -0.3 is 19.9 Å². The summed E-state index contributed by atoms with van der Waals surface area (Å²) in [6.45, 7) is 5.57. The molecule has 0 aromatic carbocycles. The van der Waals surface area contributed by atoms with E-state index in [1.165, 1.54) is 0 Å². The third-order valence-electron chi connectivity index (χ3n) is 4.94. The summed E-state index contributed by atoms with van der Waals surface area (Å²) in [5.41, 5.74) is 1.11. The van der Waals surface area contributed by atoms with Gasteiger partial charge in [-0.2, -0.15) is 0 Å². The Morgan fingerprint density at radius 3 is 2.56 bits per heavy atom. The van der Waals surface area contributed by atoms with E-state index in [2.05, 4.69) is 25.4 Å². The van der Waals surface area contributed by atoms with E-state index in [0.717, 1.165) is 43.1 Å². The number of carbonyl (C=O) groups excluding carboxylic acids is 1. The molecule has 0 bridgehead atoms. The number of aromatic nitrogens is 3. The number of ether oxygens (including phenoxy) is 1. The lowest BCUT2D eigenvalue weighted by Crippen LogP contribution is -2.51. The molecule has 2 aromatic heterocycles. The second kappa shape index (κ2) is 7.87. The summed E-state index contributed by atoms with van der Waals surface area (Å²) < 4.78 is 5.51. The smallest absolute Gasteiger partial charge is 0.251 e. The van der Waals surface area contributed by atoms with E-state index in [-0.39, 0.29) is 12.0 Å². The van der Waals surface area contributed by atoms with Crippen LogP contribution in [0, 0.1) is 6.92 Å². The standard InChI is InChI=1S/C19H24N6O2/c1-14-4-5-16(20-13-14)21-17-6-7-18(23-22-17)24-8-10-25(11-9-24)19(26)15-3-2-12-27-15/h4-7,13,15H,2-3,8-12H2,1H3,(H,20,21,22)/t15-/m0/s1. The van der Waals surface area contributed by atoms with Gasteiger partial charge in [0.05, 0.1) is 0 Å². The van der Waals surface area contributed by atoms with Crippen molar-refractivity contribution in [1.82, 2.24) is 20.1 Å². The van der Waals surface area contributed by atoms with Crippen molar-refractivity contribution in [1.29, 1.82) is 0 Å². The van der Waals surface area contributed by atoms with Crippen molar-refractivity contribution in [3.63, 3.8) is 0 Å². The van der Waals surface area contributed by atoms with Crippen LogP contribution in [-0.4, -0.2) is 64.9 Å². The van der Waals surface area contributed by atoms with Crippen LogP contribution in [0.25, 0.3) is 0 Å². The van der Waals surface area contributed by atoms with Gasteiger partial charge in [0.25, 0.3) is 5.91 Å². The van der Waals surface area contributed by atoms with Gasteiger partial charge in [-0.3, -0.25) is 4.79 Å². The number of rotatable bonds is 4. The molecule has 2 saturated heterocycles. The first-order valence-corrected chi connectivity index (χ1v) is 9.38. The lowest BCUT2D eigenvalue weighted by molar-refractivity contribution is -0.141. The van der Waals surface area contributed by atoms with Crippen molar-refractivity contribution in [2.24, 2.45) is 0 Å². The lowest BCUT2D eigenvalue weighted by atomic mass is 10.2. The number of pyridine rings is 1. The van der Waals surface area contributed by atoms with Gasteiger partial charge in [-0.25, -0.2) is 4.98 Å². The minimum Gasteiger partial charge on any atom is -0.368 e. The maximum atomic E-state index is 12.4. The zero-order valence-corrected chi connectivity index (χ0v) is 15.5. The van der Waals surface area contributed by atoms with E-state index >= 15 is 0 Å². The highest BCUT2D eigenvalue weighted by atomic mass is 16.5. The van der Waals surface area contributed by atoms with Crippen LogP contribution in [0.5, 0.6) is 0 Å². The zero-order valence-electron chi connectivity index (χ0n) is 15.5. The van der Waals surface area contributed by atoms with Crippen LogP contribution < -0.4 is 10.2 Å². The van der Waals surface area contributed by atoms with Gasteiger partial charge in [0.1, 0.15) is 11.9 Å². The predicted octanol–water partition coefficient (Wildman–Crippen LogP) is 1.75. The largest absolute Gasteiger partial charge is 0.368 e. The average molecular weight is 368 g/mol. The molecule has 0 aliphatic carbocycles. The monoisotopic (exact) mass is 368 g/mol. The van der Waals surface area contributed by atoms with Gasteiger partial charge in [-0.05, 0) is 43.5 Å². The Labute approximate surface area is 158 Å². The van der Waals surface area contributed by atoms with Gasteiger partial charge in [-0.1, -0.05) is 6.07 Å². The average Bonchev–Trinajstić information content (AvgIpc) is 3.25. The van der Waals surface area contributed by atoms with Gasteiger partial charge in [0.15, 0.2) is 11.6 Å². The molecule has 8 nitrogen and oxygen atoms in total. The van der Waals surface area contributed by atoms with Crippen LogP contribution in [0.1, 0.15) is 18.4 Å². The number of nitrogens with one attached hydrogen (secondary N) is 1. The van der Waals surface area contributed by atoms with Crippen LogP contribution in [0.4, 0.5) is 17.5 Å². The first-order valence-electron chi connectivity index (χ1n) is 9.38. The van der Waals surface area contributed by atoms with Crippen molar-refractivity contribution in [3.8, 4) is 0 Å². The number of hydrogen-bond acceptors (Lipinski definition) is 7. The van der Waals surface area contributed by atoms with Gasteiger partial charge in [0, 0.05) is 39.0 Å². The van der Waals surface area contributed by atoms with E-state index in [9.17, 15) is 4.79 Å². The normalized spacial score (nSPS) is 20.0. The molecule has 2 fully saturated rings. The lowest BCUT2D eigenvalue weighted by Gasteiger charge is -2.36. The van der Waals surface area contributed by atoms with Crippen LogP contribution in [0.2, 0.25) is 0 Å². The fourth-order valence-corrected chi connectivity index (χ4v) is 3.37. The number of carbonyl (C=O) groups is 1. The summed E-state index contributed by atoms with van der Waals surface area (Å²) in [6.07, 6.45) is 3.39. The number of hydrogen-bond donors (Lipinski definition) is 1. The third-order valence-corrected chi connectivity index (χ3v) is 4.94. The Bertz CT molecular complexity index is 766. The first-order chi connectivity index (χ1) is 13.2.